The number of ether oxygens (including phenoxy) is 1. The minimum Gasteiger partial charge on any atom is -0.461 e. The molecule has 4 rings (SSSR count). The Hall–Kier alpha value is -3.98. The Bertz CT molecular complexity index is 1390. The van der Waals surface area contributed by atoms with Crippen LogP contribution >= 0.6 is 11.3 Å². The van der Waals surface area contributed by atoms with Crippen LogP contribution in [0.2, 0.25) is 0 Å². The van der Waals surface area contributed by atoms with Gasteiger partial charge in [-0.2, -0.15) is 9.78 Å². The van der Waals surface area contributed by atoms with Crippen LogP contribution in [-0.2, 0) is 4.74 Å². The van der Waals surface area contributed by atoms with Crippen molar-refractivity contribution < 1.29 is 14.3 Å². The molecule has 0 bridgehead atoms. The van der Waals surface area contributed by atoms with Crippen LogP contribution in [0.1, 0.15) is 28.5 Å². The molecule has 168 valence electrons. The van der Waals surface area contributed by atoms with Crippen LogP contribution in [0, 0.1) is 13.8 Å². The molecule has 0 unspecified atom stereocenters. The van der Waals surface area contributed by atoms with Gasteiger partial charge in [0.25, 0.3) is 5.56 Å². The highest BCUT2D eigenvalue weighted by Crippen LogP contribution is 2.31. The molecule has 0 radical (unpaired) electrons. The standard InChI is InChI=1S/C24H22N4O4S/c1-4-32-23(30)20-18-13-33-21(26-24(31)25-16-9-5-14(2)6-10-16)19(18)22(29)28(27-20)17-11-7-15(3)8-12-17/h5-13H,4H2,1-3H3,(H2,25,26,31). The fourth-order valence-electron chi connectivity index (χ4n) is 3.26. The zero-order chi connectivity index (χ0) is 23.5. The maximum Gasteiger partial charge on any atom is 0.359 e. The Morgan fingerprint density at radius 1 is 1.00 bits per heavy atom. The summed E-state index contributed by atoms with van der Waals surface area (Å²) in [6, 6.07) is 14.0. The lowest BCUT2D eigenvalue weighted by atomic mass is 10.2. The molecule has 2 N–H and O–H groups in total. The van der Waals surface area contributed by atoms with E-state index >= 15 is 0 Å². The van der Waals surface area contributed by atoms with Crippen molar-refractivity contribution in [3.63, 3.8) is 0 Å². The van der Waals surface area contributed by atoms with Gasteiger partial charge in [0, 0.05) is 16.5 Å². The summed E-state index contributed by atoms with van der Waals surface area (Å²) in [6.45, 7) is 5.75. The zero-order valence-corrected chi connectivity index (χ0v) is 19.2. The number of thiophene rings is 1. The number of nitrogens with one attached hydrogen (secondary N) is 2. The molecule has 9 heteroatoms. The van der Waals surface area contributed by atoms with E-state index in [2.05, 4.69) is 15.7 Å². The lowest BCUT2D eigenvalue weighted by Crippen LogP contribution is -2.26. The van der Waals surface area contributed by atoms with Crippen LogP contribution < -0.4 is 16.2 Å². The number of hydrogen-bond acceptors (Lipinski definition) is 6. The van der Waals surface area contributed by atoms with Crippen molar-refractivity contribution in [2.75, 3.05) is 17.2 Å². The zero-order valence-electron chi connectivity index (χ0n) is 18.3. The van der Waals surface area contributed by atoms with Crippen LogP contribution in [0.15, 0.2) is 58.7 Å². The Morgan fingerprint density at radius 2 is 1.64 bits per heavy atom. The summed E-state index contributed by atoms with van der Waals surface area (Å²) >= 11 is 1.14. The van der Waals surface area contributed by atoms with Crippen molar-refractivity contribution in [2.45, 2.75) is 20.8 Å². The second-order valence-corrected chi connectivity index (χ2v) is 8.30. The highest BCUT2D eigenvalue weighted by atomic mass is 32.1. The third-order valence-corrected chi connectivity index (χ3v) is 5.83. The fraction of sp³-hybridized carbons (Fsp3) is 0.167. The number of hydrogen-bond donors (Lipinski definition) is 2. The van der Waals surface area contributed by atoms with Gasteiger partial charge in [0.1, 0.15) is 5.00 Å². The van der Waals surface area contributed by atoms with Gasteiger partial charge in [-0.15, -0.1) is 11.3 Å². The van der Waals surface area contributed by atoms with Crippen LogP contribution in [0.25, 0.3) is 16.5 Å². The molecule has 2 aromatic carbocycles. The van der Waals surface area contributed by atoms with E-state index in [-0.39, 0.29) is 17.7 Å². The van der Waals surface area contributed by atoms with Crippen LogP contribution in [0.4, 0.5) is 15.5 Å². The van der Waals surface area contributed by atoms with E-state index in [0.29, 0.717) is 21.8 Å². The van der Waals surface area contributed by atoms with E-state index < -0.39 is 17.6 Å². The number of benzene rings is 2. The molecule has 0 fully saturated rings. The van der Waals surface area contributed by atoms with Gasteiger partial charge in [0.05, 0.1) is 17.7 Å². The molecular formula is C24H22N4O4S. The van der Waals surface area contributed by atoms with Crippen molar-refractivity contribution in [3.8, 4) is 5.69 Å². The number of aromatic nitrogens is 2. The molecule has 0 saturated heterocycles. The van der Waals surface area contributed by atoms with Crippen molar-refractivity contribution in [1.29, 1.82) is 0 Å². The van der Waals surface area contributed by atoms with Gasteiger partial charge in [-0.3, -0.25) is 10.1 Å². The van der Waals surface area contributed by atoms with E-state index in [0.717, 1.165) is 27.1 Å². The summed E-state index contributed by atoms with van der Waals surface area (Å²) in [5, 5.41) is 12.2. The third kappa shape index (κ3) is 4.63. The second-order valence-electron chi connectivity index (χ2n) is 7.42. The second kappa shape index (κ2) is 9.25. The summed E-state index contributed by atoms with van der Waals surface area (Å²) in [7, 11) is 0. The summed E-state index contributed by atoms with van der Waals surface area (Å²) in [4.78, 5) is 38.6. The number of carbonyl (C=O) groups is 2. The van der Waals surface area contributed by atoms with E-state index in [1.807, 2.05) is 38.1 Å². The predicted molar refractivity (Wildman–Crippen MR) is 130 cm³/mol. The van der Waals surface area contributed by atoms with Gasteiger partial charge in [0.2, 0.25) is 0 Å². The number of carbonyl (C=O) groups excluding carboxylic acids is 2. The molecule has 8 nitrogen and oxygen atoms in total. The Kier molecular flexibility index (Phi) is 6.23. The Labute approximate surface area is 193 Å². The summed E-state index contributed by atoms with van der Waals surface area (Å²) in [5.41, 5.74) is 2.76. The van der Waals surface area contributed by atoms with Crippen molar-refractivity contribution in [3.05, 3.63) is 81.1 Å². The Morgan fingerprint density at radius 3 is 2.27 bits per heavy atom. The molecule has 33 heavy (non-hydrogen) atoms. The maximum atomic E-state index is 13.4. The van der Waals surface area contributed by atoms with Gasteiger partial charge in [0.15, 0.2) is 5.69 Å². The molecule has 2 aromatic heterocycles. The number of nitrogens with zero attached hydrogens (tertiary/aromatic N) is 2. The third-order valence-electron chi connectivity index (χ3n) is 4.94. The minimum atomic E-state index is -0.642. The van der Waals surface area contributed by atoms with Crippen molar-refractivity contribution >= 4 is 44.8 Å². The quantitative estimate of drug-likeness (QED) is 0.411. The fourth-order valence-corrected chi connectivity index (χ4v) is 4.19. The average molecular weight is 463 g/mol. The largest absolute Gasteiger partial charge is 0.461 e. The molecule has 0 aliphatic carbocycles. The number of aryl methyl sites for hydroxylation is 2. The number of amides is 2. The van der Waals surface area contributed by atoms with Gasteiger partial charge in [-0.05, 0) is 45.0 Å². The minimum absolute atomic E-state index is 0.00951. The summed E-state index contributed by atoms with van der Waals surface area (Å²) in [6.07, 6.45) is 0. The molecule has 2 amide bonds. The van der Waals surface area contributed by atoms with Crippen molar-refractivity contribution in [1.82, 2.24) is 9.78 Å². The SMILES string of the molecule is CCOC(=O)c1nn(-c2ccc(C)cc2)c(=O)c2c(NC(=O)Nc3ccc(C)cc3)scc12. The molecule has 0 aliphatic rings. The molecular weight excluding hydrogens is 440 g/mol. The molecule has 0 aliphatic heterocycles. The topological polar surface area (TPSA) is 102 Å². The van der Waals surface area contributed by atoms with E-state index in [4.69, 9.17) is 4.74 Å². The number of anilines is 2. The van der Waals surface area contributed by atoms with Gasteiger partial charge < -0.3 is 10.1 Å². The van der Waals surface area contributed by atoms with Gasteiger partial charge in [-0.1, -0.05) is 35.4 Å². The Balaban J connectivity index is 1.78. The van der Waals surface area contributed by atoms with E-state index in [1.54, 1.807) is 36.6 Å². The van der Waals surface area contributed by atoms with Crippen LogP contribution in [0.5, 0.6) is 0 Å². The number of esters is 1. The first-order valence-electron chi connectivity index (χ1n) is 10.3. The summed E-state index contributed by atoms with van der Waals surface area (Å²) in [5.74, 6) is -0.642. The molecule has 2 heterocycles. The van der Waals surface area contributed by atoms with Crippen LogP contribution in [0.3, 0.4) is 0 Å². The van der Waals surface area contributed by atoms with Gasteiger partial charge in [-0.25, -0.2) is 9.59 Å². The molecule has 0 saturated carbocycles. The highest BCUT2D eigenvalue weighted by molar-refractivity contribution is 7.16. The van der Waals surface area contributed by atoms with Crippen LogP contribution in [-0.4, -0.2) is 28.4 Å². The van der Waals surface area contributed by atoms with Crippen molar-refractivity contribution in [2.24, 2.45) is 0 Å². The maximum absolute atomic E-state index is 13.4. The first-order valence-corrected chi connectivity index (χ1v) is 11.2. The predicted octanol–water partition coefficient (Wildman–Crippen LogP) is 4.88. The van der Waals surface area contributed by atoms with E-state index in [9.17, 15) is 14.4 Å². The van der Waals surface area contributed by atoms with Gasteiger partial charge >= 0.3 is 12.0 Å². The molecule has 0 atom stereocenters. The van der Waals surface area contributed by atoms with E-state index in [1.165, 1.54) is 0 Å². The molecule has 4 aromatic rings. The number of fused-ring (bicyclic) bond motifs is 1. The number of rotatable bonds is 5. The summed E-state index contributed by atoms with van der Waals surface area (Å²) < 4.78 is 6.31. The first kappa shape index (κ1) is 22.2. The average Bonchev–Trinajstić information content (AvgIpc) is 3.20. The first-order chi connectivity index (χ1) is 15.9. The lowest BCUT2D eigenvalue weighted by molar-refractivity contribution is 0.0520. The monoisotopic (exact) mass is 462 g/mol. The molecule has 0 spiro atoms. The smallest absolute Gasteiger partial charge is 0.359 e. The normalized spacial score (nSPS) is 10.8. The highest BCUT2D eigenvalue weighted by Gasteiger charge is 2.23. The number of urea groups is 1. The lowest BCUT2D eigenvalue weighted by Gasteiger charge is -2.10.